The molecule has 0 spiro atoms. The Kier molecular flexibility index (Phi) is 4.06. The van der Waals surface area contributed by atoms with Crippen LogP contribution in [0.25, 0.3) is 0 Å². The first-order valence-corrected chi connectivity index (χ1v) is 9.12. The highest BCUT2D eigenvalue weighted by atomic mass is 16.2. The third-order valence-corrected chi connectivity index (χ3v) is 6.33. The number of carbonyl (C=O) groups is 1. The molecule has 0 bridgehead atoms. The van der Waals surface area contributed by atoms with Gasteiger partial charge in [0.05, 0.1) is 11.7 Å². The first kappa shape index (κ1) is 15.3. The molecule has 1 saturated heterocycles. The highest BCUT2D eigenvalue weighted by Gasteiger charge is 2.53. The quantitative estimate of drug-likeness (QED) is 0.810. The largest absolute Gasteiger partial charge is 0.325 e. The maximum absolute atomic E-state index is 13.0. The van der Waals surface area contributed by atoms with Crippen molar-refractivity contribution in [3.63, 3.8) is 0 Å². The molecule has 1 aliphatic heterocycles. The second-order valence-electron chi connectivity index (χ2n) is 8.00. The summed E-state index contributed by atoms with van der Waals surface area (Å²) in [5.74, 6) is 1.05. The zero-order valence-corrected chi connectivity index (χ0v) is 14.1. The van der Waals surface area contributed by atoms with Crippen LogP contribution in [0.5, 0.6) is 0 Å². The van der Waals surface area contributed by atoms with E-state index in [1.165, 1.54) is 51.4 Å². The Balaban J connectivity index is 1.78. The summed E-state index contributed by atoms with van der Waals surface area (Å²) in [6, 6.07) is 0. The van der Waals surface area contributed by atoms with E-state index < -0.39 is 0 Å². The van der Waals surface area contributed by atoms with Gasteiger partial charge >= 0.3 is 0 Å². The standard InChI is InChI=1S/C18H32N2O/c1-4-10-18(11-12-18)13-20-15(14-8-6-7-9-14)19-17(3,5-2)16(20)21/h14-15,19H,4-13H2,1-3H3. The summed E-state index contributed by atoms with van der Waals surface area (Å²) in [6.45, 7) is 7.52. The lowest BCUT2D eigenvalue weighted by Gasteiger charge is -2.32. The highest BCUT2D eigenvalue weighted by Crippen LogP contribution is 2.51. The number of rotatable bonds is 6. The Morgan fingerprint density at radius 2 is 1.90 bits per heavy atom. The normalized spacial score (nSPS) is 35.7. The maximum Gasteiger partial charge on any atom is 0.243 e. The predicted octanol–water partition coefficient (Wildman–Crippen LogP) is 3.68. The number of amides is 1. The topological polar surface area (TPSA) is 32.3 Å². The van der Waals surface area contributed by atoms with Crippen molar-refractivity contribution < 1.29 is 4.79 Å². The Morgan fingerprint density at radius 3 is 2.43 bits per heavy atom. The first-order chi connectivity index (χ1) is 10.0. The molecule has 1 heterocycles. The van der Waals surface area contributed by atoms with Crippen LogP contribution in [-0.2, 0) is 4.79 Å². The Morgan fingerprint density at radius 1 is 1.24 bits per heavy atom. The van der Waals surface area contributed by atoms with Crippen LogP contribution in [0.15, 0.2) is 0 Å². The molecular weight excluding hydrogens is 260 g/mol. The van der Waals surface area contributed by atoms with Gasteiger partial charge in [0.15, 0.2) is 0 Å². The fourth-order valence-electron chi connectivity index (χ4n) is 4.53. The molecule has 0 radical (unpaired) electrons. The number of carbonyl (C=O) groups excluding carboxylic acids is 1. The minimum Gasteiger partial charge on any atom is -0.325 e. The van der Waals surface area contributed by atoms with Crippen molar-refractivity contribution in [3.8, 4) is 0 Å². The van der Waals surface area contributed by atoms with E-state index in [0.717, 1.165) is 13.0 Å². The SMILES string of the molecule is CCCC1(CN2C(=O)C(C)(CC)NC2C2CCCC2)CC1. The van der Waals surface area contributed by atoms with E-state index >= 15 is 0 Å². The van der Waals surface area contributed by atoms with E-state index in [4.69, 9.17) is 0 Å². The van der Waals surface area contributed by atoms with Crippen LogP contribution in [0.1, 0.15) is 78.6 Å². The summed E-state index contributed by atoms with van der Waals surface area (Å²) >= 11 is 0. The van der Waals surface area contributed by atoms with Gasteiger partial charge in [-0.2, -0.15) is 0 Å². The molecule has 1 amide bonds. The Hall–Kier alpha value is -0.570. The summed E-state index contributed by atoms with van der Waals surface area (Å²) in [5.41, 5.74) is 0.136. The Labute approximate surface area is 129 Å². The van der Waals surface area contributed by atoms with E-state index in [-0.39, 0.29) is 5.54 Å². The summed E-state index contributed by atoms with van der Waals surface area (Å²) in [5, 5.41) is 3.73. The molecule has 0 aromatic heterocycles. The monoisotopic (exact) mass is 292 g/mol. The summed E-state index contributed by atoms with van der Waals surface area (Å²) < 4.78 is 0. The van der Waals surface area contributed by atoms with Gasteiger partial charge in [-0.1, -0.05) is 33.1 Å². The molecule has 3 heteroatoms. The Bertz CT molecular complexity index is 398. The highest BCUT2D eigenvalue weighted by molar-refractivity contribution is 5.88. The van der Waals surface area contributed by atoms with Gasteiger partial charge in [0.25, 0.3) is 0 Å². The number of nitrogens with zero attached hydrogens (tertiary/aromatic N) is 1. The fraction of sp³-hybridized carbons (Fsp3) is 0.944. The minimum absolute atomic E-state index is 0.305. The fourth-order valence-corrected chi connectivity index (χ4v) is 4.53. The smallest absolute Gasteiger partial charge is 0.243 e. The molecule has 2 saturated carbocycles. The molecular formula is C18H32N2O. The van der Waals surface area contributed by atoms with Crippen molar-refractivity contribution in [2.75, 3.05) is 6.54 Å². The van der Waals surface area contributed by atoms with Crippen LogP contribution < -0.4 is 5.32 Å². The molecule has 2 unspecified atom stereocenters. The van der Waals surface area contributed by atoms with E-state index in [9.17, 15) is 4.79 Å². The van der Waals surface area contributed by atoms with Crippen molar-refractivity contribution in [2.45, 2.75) is 90.3 Å². The molecule has 2 aliphatic carbocycles. The van der Waals surface area contributed by atoms with Crippen molar-refractivity contribution in [1.29, 1.82) is 0 Å². The number of hydrogen-bond acceptors (Lipinski definition) is 2. The van der Waals surface area contributed by atoms with Crippen molar-refractivity contribution in [3.05, 3.63) is 0 Å². The second kappa shape index (κ2) is 5.57. The van der Waals surface area contributed by atoms with Crippen LogP contribution in [0.3, 0.4) is 0 Å². The zero-order chi connectivity index (χ0) is 15.1. The van der Waals surface area contributed by atoms with Crippen molar-refractivity contribution in [1.82, 2.24) is 10.2 Å². The van der Waals surface area contributed by atoms with Gasteiger partial charge in [-0.25, -0.2) is 0 Å². The van der Waals surface area contributed by atoms with Crippen LogP contribution in [-0.4, -0.2) is 29.1 Å². The lowest BCUT2D eigenvalue weighted by molar-refractivity contribution is -0.134. The van der Waals surface area contributed by atoms with Gasteiger partial charge in [-0.3, -0.25) is 10.1 Å². The molecule has 0 aromatic rings. The van der Waals surface area contributed by atoms with Crippen molar-refractivity contribution in [2.24, 2.45) is 11.3 Å². The van der Waals surface area contributed by atoms with E-state index in [1.807, 2.05) is 0 Å². The van der Waals surface area contributed by atoms with Gasteiger partial charge in [0, 0.05) is 6.54 Å². The third kappa shape index (κ3) is 2.74. The van der Waals surface area contributed by atoms with Crippen LogP contribution in [0.4, 0.5) is 0 Å². The molecule has 1 N–H and O–H groups in total. The van der Waals surface area contributed by atoms with Crippen LogP contribution in [0.2, 0.25) is 0 Å². The van der Waals surface area contributed by atoms with Gasteiger partial charge < -0.3 is 4.90 Å². The second-order valence-corrected chi connectivity index (χ2v) is 8.00. The molecule has 3 nitrogen and oxygen atoms in total. The molecule has 120 valence electrons. The molecule has 3 aliphatic rings. The molecule has 3 fully saturated rings. The van der Waals surface area contributed by atoms with E-state index in [0.29, 0.717) is 23.4 Å². The summed E-state index contributed by atoms with van der Waals surface area (Å²) in [7, 11) is 0. The number of hydrogen-bond donors (Lipinski definition) is 1. The van der Waals surface area contributed by atoms with Gasteiger partial charge in [0.1, 0.15) is 0 Å². The van der Waals surface area contributed by atoms with Gasteiger partial charge in [-0.15, -0.1) is 0 Å². The number of nitrogens with one attached hydrogen (secondary N) is 1. The third-order valence-electron chi connectivity index (χ3n) is 6.33. The predicted molar refractivity (Wildman–Crippen MR) is 85.9 cm³/mol. The van der Waals surface area contributed by atoms with E-state index in [2.05, 4.69) is 31.0 Å². The van der Waals surface area contributed by atoms with Crippen molar-refractivity contribution >= 4 is 5.91 Å². The lowest BCUT2D eigenvalue weighted by Crippen LogP contribution is -2.46. The minimum atomic E-state index is -0.324. The van der Waals surface area contributed by atoms with Gasteiger partial charge in [0.2, 0.25) is 5.91 Å². The average Bonchev–Trinajstić information content (AvgIpc) is 2.93. The molecule has 0 aromatic carbocycles. The lowest BCUT2D eigenvalue weighted by atomic mass is 9.97. The zero-order valence-electron chi connectivity index (χ0n) is 14.1. The summed E-state index contributed by atoms with van der Waals surface area (Å²) in [6.07, 6.45) is 11.7. The molecule has 21 heavy (non-hydrogen) atoms. The van der Waals surface area contributed by atoms with E-state index in [1.54, 1.807) is 0 Å². The average molecular weight is 292 g/mol. The van der Waals surface area contributed by atoms with Crippen LogP contribution >= 0.6 is 0 Å². The molecule has 2 atom stereocenters. The van der Waals surface area contributed by atoms with Gasteiger partial charge in [-0.05, 0) is 56.8 Å². The summed E-state index contributed by atoms with van der Waals surface area (Å²) in [4.78, 5) is 15.3. The maximum atomic E-state index is 13.0. The van der Waals surface area contributed by atoms with Crippen LogP contribution in [0, 0.1) is 11.3 Å². The molecule has 3 rings (SSSR count). The first-order valence-electron chi connectivity index (χ1n) is 9.12.